The first-order chi connectivity index (χ1) is 8.49. The van der Waals surface area contributed by atoms with Crippen LogP contribution in [0.5, 0.6) is 0 Å². The molecule has 0 heterocycles. The summed E-state index contributed by atoms with van der Waals surface area (Å²) >= 11 is 3.25. The van der Waals surface area contributed by atoms with Gasteiger partial charge in [0.05, 0.1) is 13.0 Å². The first-order valence-corrected chi connectivity index (χ1v) is 6.05. The highest BCUT2D eigenvalue weighted by Crippen LogP contribution is 2.10. The van der Waals surface area contributed by atoms with Crippen molar-refractivity contribution in [2.24, 2.45) is 0 Å². The molecule has 0 spiro atoms. The second-order valence-electron chi connectivity index (χ2n) is 3.60. The Hall–Kier alpha value is -1.69. The smallest absolute Gasteiger partial charge is 0.303 e. The van der Waals surface area contributed by atoms with Crippen molar-refractivity contribution in [3.05, 3.63) is 34.3 Å². The molecule has 0 saturated carbocycles. The van der Waals surface area contributed by atoms with E-state index in [0.29, 0.717) is 5.56 Å². The van der Waals surface area contributed by atoms with Gasteiger partial charge in [0.2, 0.25) is 5.91 Å². The fraction of sp³-hybridized carbons (Fsp3) is 0.250. The maximum atomic E-state index is 11.7. The quantitative estimate of drug-likeness (QED) is 0.782. The van der Waals surface area contributed by atoms with Crippen LogP contribution in [0.4, 0.5) is 0 Å². The van der Waals surface area contributed by atoms with Crippen LogP contribution in [0.25, 0.3) is 0 Å². The van der Waals surface area contributed by atoms with Crippen molar-refractivity contribution in [2.75, 3.05) is 6.54 Å². The first-order valence-electron chi connectivity index (χ1n) is 5.26. The van der Waals surface area contributed by atoms with Gasteiger partial charge < -0.3 is 10.4 Å². The zero-order chi connectivity index (χ0) is 13.5. The zero-order valence-corrected chi connectivity index (χ0v) is 11.1. The second-order valence-corrected chi connectivity index (χ2v) is 4.52. The Morgan fingerprint density at radius 2 is 1.72 bits per heavy atom. The number of benzene rings is 1. The monoisotopic (exact) mass is 313 g/mol. The van der Waals surface area contributed by atoms with Crippen LogP contribution in [0.3, 0.4) is 0 Å². The van der Waals surface area contributed by atoms with Crippen molar-refractivity contribution >= 4 is 33.6 Å². The van der Waals surface area contributed by atoms with E-state index in [1.165, 1.54) is 0 Å². The van der Waals surface area contributed by atoms with Crippen molar-refractivity contribution in [1.82, 2.24) is 5.32 Å². The molecule has 1 aromatic rings. The number of Topliss-reactive ketones (excluding diaryl/α,β-unsaturated/α-hetero) is 1. The number of halogens is 1. The summed E-state index contributed by atoms with van der Waals surface area (Å²) in [5.74, 6) is -1.70. The van der Waals surface area contributed by atoms with Gasteiger partial charge in [-0.3, -0.25) is 14.4 Å². The fourth-order valence-electron chi connectivity index (χ4n) is 1.23. The molecule has 1 rings (SSSR count). The molecule has 2 N–H and O–H groups in total. The number of carboxylic acid groups (broad SMARTS) is 1. The number of aliphatic carboxylic acids is 1. The van der Waals surface area contributed by atoms with Gasteiger partial charge in [-0.25, -0.2) is 0 Å². The third-order valence-electron chi connectivity index (χ3n) is 2.18. The third kappa shape index (κ3) is 5.09. The highest BCUT2D eigenvalue weighted by Gasteiger charge is 2.09. The molecule has 6 heteroatoms. The fourth-order valence-corrected chi connectivity index (χ4v) is 1.49. The molecule has 0 aliphatic heterocycles. The summed E-state index contributed by atoms with van der Waals surface area (Å²) in [7, 11) is 0. The van der Waals surface area contributed by atoms with Gasteiger partial charge >= 0.3 is 5.97 Å². The van der Waals surface area contributed by atoms with E-state index in [4.69, 9.17) is 5.11 Å². The van der Waals surface area contributed by atoms with Gasteiger partial charge in [0.15, 0.2) is 5.78 Å². The number of nitrogens with one attached hydrogen (secondary N) is 1. The third-order valence-corrected chi connectivity index (χ3v) is 2.71. The number of carbonyl (C=O) groups is 3. The second kappa shape index (κ2) is 6.90. The maximum absolute atomic E-state index is 11.7. The summed E-state index contributed by atoms with van der Waals surface area (Å²) in [5.41, 5.74) is 0.497. The van der Waals surface area contributed by atoms with E-state index in [0.717, 1.165) is 4.47 Å². The number of amides is 1. The molecule has 1 amide bonds. The Bertz CT molecular complexity index is 456. The Morgan fingerprint density at radius 3 is 2.28 bits per heavy atom. The van der Waals surface area contributed by atoms with Gasteiger partial charge in [0, 0.05) is 16.5 Å². The topological polar surface area (TPSA) is 83.5 Å². The lowest BCUT2D eigenvalue weighted by molar-refractivity contribution is -0.138. The number of carbonyl (C=O) groups excluding carboxylic acids is 2. The Kier molecular flexibility index (Phi) is 5.51. The lowest BCUT2D eigenvalue weighted by Gasteiger charge is -2.04. The number of carboxylic acids is 1. The van der Waals surface area contributed by atoms with Crippen molar-refractivity contribution in [3.63, 3.8) is 0 Å². The summed E-state index contributed by atoms with van der Waals surface area (Å²) in [6.07, 6.45) is -0.360. The molecule has 0 aliphatic rings. The molecular weight excluding hydrogens is 302 g/mol. The minimum Gasteiger partial charge on any atom is -0.481 e. The molecule has 0 atom stereocenters. The van der Waals surface area contributed by atoms with Crippen LogP contribution in [-0.2, 0) is 9.59 Å². The average Bonchev–Trinajstić information content (AvgIpc) is 2.34. The Labute approximate surface area is 112 Å². The van der Waals surface area contributed by atoms with E-state index in [9.17, 15) is 14.4 Å². The molecular formula is C12H12BrNO4. The summed E-state index contributed by atoms with van der Waals surface area (Å²) < 4.78 is 0.865. The Balaban J connectivity index is 2.39. The summed E-state index contributed by atoms with van der Waals surface area (Å²) in [6.45, 7) is -0.125. The molecule has 0 bridgehead atoms. The van der Waals surface area contributed by atoms with Gasteiger partial charge in [0.25, 0.3) is 0 Å². The predicted octanol–water partition coefficient (Wildman–Crippen LogP) is 1.61. The van der Waals surface area contributed by atoms with Crippen molar-refractivity contribution in [1.29, 1.82) is 0 Å². The van der Waals surface area contributed by atoms with Crippen LogP contribution >= 0.6 is 15.9 Å². The summed E-state index contributed by atoms with van der Waals surface area (Å²) in [4.78, 5) is 33.1. The zero-order valence-electron chi connectivity index (χ0n) is 9.48. The standard InChI is InChI=1S/C12H12BrNO4/c13-9-3-1-8(2-4-9)10(15)7-14-11(16)5-6-12(17)18/h1-4H,5-7H2,(H,14,16)(H,17,18). The molecule has 0 saturated heterocycles. The summed E-state index contributed by atoms with van der Waals surface area (Å²) in [6, 6.07) is 6.77. The van der Waals surface area contributed by atoms with Crippen LogP contribution in [0.1, 0.15) is 23.2 Å². The first kappa shape index (κ1) is 14.4. The summed E-state index contributed by atoms with van der Waals surface area (Å²) in [5, 5.41) is 10.8. The van der Waals surface area contributed by atoms with Crippen LogP contribution in [-0.4, -0.2) is 29.3 Å². The maximum Gasteiger partial charge on any atom is 0.303 e. The van der Waals surface area contributed by atoms with Gasteiger partial charge in [-0.15, -0.1) is 0 Å². The molecule has 1 aromatic carbocycles. The lowest BCUT2D eigenvalue weighted by Crippen LogP contribution is -2.29. The molecule has 5 nitrogen and oxygen atoms in total. The van der Waals surface area contributed by atoms with Crippen LogP contribution < -0.4 is 5.32 Å². The molecule has 18 heavy (non-hydrogen) atoms. The van der Waals surface area contributed by atoms with E-state index in [1.807, 2.05) is 0 Å². The molecule has 0 aromatic heterocycles. The lowest BCUT2D eigenvalue weighted by atomic mass is 10.1. The van der Waals surface area contributed by atoms with Crippen molar-refractivity contribution in [3.8, 4) is 0 Å². The minimum atomic E-state index is -1.04. The van der Waals surface area contributed by atoms with E-state index < -0.39 is 11.9 Å². The van der Waals surface area contributed by atoms with E-state index in [2.05, 4.69) is 21.2 Å². The average molecular weight is 314 g/mol. The largest absolute Gasteiger partial charge is 0.481 e. The number of rotatable bonds is 6. The number of hydrogen-bond acceptors (Lipinski definition) is 3. The number of ketones is 1. The molecule has 96 valence electrons. The molecule has 0 unspecified atom stereocenters. The molecule has 0 fully saturated rings. The highest BCUT2D eigenvalue weighted by molar-refractivity contribution is 9.10. The predicted molar refractivity (Wildman–Crippen MR) is 68.4 cm³/mol. The number of hydrogen-bond donors (Lipinski definition) is 2. The molecule has 0 radical (unpaired) electrons. The van der Waals surface area contributed by atoms with Gasteiger partial charge in [-0.05, 0) is 12.1 Å². The highest BCUT2D eigenvalue weighted by atomic mass is 79.9. The van der Waals surface area contributed by atoms with Gasteiger partial charge in [-0.1, -0.05) is 28.1 Å². The SMILES string of the molecule is O=C(O)CCC(=O)NCC(=O)c1ccc(Br)cc1. The van der Waals surface area contributed by atoms with Crippen molar-refractivity contribution < 1.29 is 19.5 Å². The van der Waals surface area contributed by atoms with E-state index in [-0.39, 0.29) is 25.2 Å². The Morgan fingerprint density at radius 1 is 1.11 bits per heavy atom. The van der Waals surface area contributed by atoms with Crippen LogP contribution in [0, 0.1) is 0 Å². The van der Waals surface area contributed by atoms with Crippen molar-refractivity contribution in [2.45, 2.75) is 12.8 Å². The van der Waals surface area contributed by atoms with E-state index in [1.54, 1.807) is 24.3 Å². The van der Waals surface area contributed by atoms with Gasteiger partial charge in [-0.2, -0.15) is 0 Å². The normalized spacial score (nSPS) is 9.83. The van der Waals surface area contributed by atoms with Gasteiger partial charge in [0.1, 0.15) is 0 Å². The van der Waals surface area contributed by atoms with Crippen LogP contribution in [0.2, 0.25) is 0 Å². The minimum absolute atomic E-state index is 0.122. The van der Waals surface area contributed by atoms with Crippen LogP contribution in [0.15, 0.2) is 28.7 Å². The molecule has 0 aliphatic carbocycles. The van der Waals surface area contributed by atoms with E-state index >= 15 is 0 Å².